The summed E-state index contributed by atoms with van der Waals surface area (Å²) in [7, 11) is 0. The minimum absolute atomic E-state index is 0.0707. The Bertz CT molecular complexity index is 1000. The van der Waals surface area contributed by atoms with Crippen LogP contribution in [0.4, 0.5) is 5.13 Å². The van der Waals surface area contributed by atoms with Crippen molar-refractivity contribution in [1.29, 1.82) is 0 Å². The Labute approximate surface area is 170 Å². The Morgan fingerprint density at radius 3 is 2.79 bits per heavy atom. The molecule has 2 amide bonds. The van der Waals surface area contributed by atoms with E-state index in [0.717, 1.165) is 12.1 Å². The fourth-order valence-corrected chi connectivity index (χ4v) is 3.85. The SMILES string of the molecule is Cc1nc(C(=O)N2CCCC2C(=O)Nc2nccs2)nn1-c1ccc(Cl)cc1. The van der Waals surface area contributed by atoms with E-state index >= 15 is 0 Å². The van der Waals surface area contributed by atoms with Gasteiger partial charge in [-0.2, -0.15) is 0 Å². The molecule has 28 heavy (non-hydrogen) atoms. The zero-order valence-electron chi connectivity index (χ0n) is 15.0. The fourth-order valence-electron chi connectivity index (χ4n) is 3.19. The first-order valence-electron chi connectivity index (χ1n) is 8.74. The van der Waals surface area contributed by atoms with Crippen molar-refractivity contribution in [2.24, 2.45) is 0 Å². The third kappa shape index (κ3) is 3.63. The van der Waals surface area contributed by atoms with E-state index < -0.39 is 6.04 Å². The van der Waals surface area contributed by atoms with Gasteiger partial charge in [0.15, 0.2) is 5.13 Å². The molecule has 144 valence electrons. The average Bonchev–Trinajstić information content (AvgIpc) is 3.42. The second-order valence-electron chi connectivity index (χ2n) is 6.35. The lowest BCUT2D eigenvalue weighted by molar-refractivity contribution is -0.119. The lowest BCUT2D eigenvalue weighted by Gasteiger charge is -2.22. The zero-order valence-corrected chi connectivity index (χ0v) is 16.6. The van der Waals surface area contributed by atoms with Gasteiger partial charge in [-0.25, -0.2) is 14.6 Å². The van der Waals surface area contributed by atoms with Crippen LogP contribution in [-0.2, 0) is 4.79 Å². The molecule has 10 heteroatoms. The summed E-state index contributed by atoms with van der Waals surface area (Å²) < 4.78 is 1.59. The molecule has 0 radical (unpaired) electrons. The smallest absolute Gasteiger partial charge is 0.294 e. The Morgan fingerprint density at radius 2 is 2.07 bits per heavy atom. The van der Waals surface area contributed by atoms with Crippen LogP contribution in [0.3, 0.4) is 0 Å². The Hall–Kier alpha value is -2.78. The van der Waals surface area contributed by atoms with Gasteiger partial charge < -0.3 is 10.2 Å². The van der Waals surface area contributed by atoms with E-state index in [4.69, 9.17) is 11.6 Å². The maximum absolute atomic E-state index is 13.0. The Balaban J connectivity index is 1.54. The van der Waals surface area contributed by atoms with Crippen molar-refractivity contribution >= 4 is 39.9 Å². The Kier molecular flexibility index (Phi) is 5.10. The van der Waals surface area contributed by atoms with Crippen molar-refractivity contribution in [3.63, 3.8) is 0 Å². The molecular formula is C18H17ClN6O2S. The van der Waals surface area contributed by atoms with Gasteiger partial charge in [-0.1, -0.05) is 11.6 Å². The van der Waals surface area contributed by atoms with Gasteiger partial charge in [-0.15, -0.1) is 16.4 Å². The number of nitrogens with zero attached hydrogens (tertiary/aromatic N) is 5. The van der Waals surface area contributed by atoms with E-state index in [1.54, 1.807) is 47.4 Å². The van der Waals surface area contributed by atoms with E-state index in [2.05, 4.69) is 20.4 Å². The van der Waals surface area contributed by atoms with Crippen molar-refractivity contribution in [3.05, 3.63) is 52.5 Å². The topological polar surface area (TPSA) is 93.0 Å². The molecule has 8 nitrogen and oxygen atoms in total. The third-order valence-corrected chi connectivity index (χ3v) is 5.45. The third-order valence-electron chi connectivity index (χ3n) is 4.51. The normalized spacial score (nSPS) is 16.4. The number of hydrogen-bond acceptors (Lipinski definition) is 6. The molecule has 1 fully saturated rings. The number of likely N-dealkylation sites (tertiary alicyclic amines) is 1. The molecule has 3 aromatic rings. The molecule has 0 spiro atoms. The van der Waals surface area contributed by atoms with Crippen LogP contribution < -0.4 is 5.32 Å². The zero-order chi connectivity index (χ0) is 19.7. The predicted octanol–water partition coefficient (Wildman–Crippen LogP) is 2.93. The van der Waals surface area contributed by atoms with Crippen molar-refractivity contribution in [2.45, 2.75) is 25.8 Å². The number of aryl methyl sites for hydroxylation is 1. The second-order valence-corrected chi connectivity index (χ2v) is 7.68. The number of aromatic nitrogens is 4. The molecular weight excluding hydrogens is 400 g/mol. The molecule has 1 aliphatic rings. The monoisotopic (exact) mass is 416 g/mol. The van der Waals surface area contributed by atoms with Gasteiger partial charge >= 0.3 is 0 Å². The van der Waals surface area contributed by atoms with Crippen LogP contribution in [0.2, 0.25) is 5.02 Å². The standard InChI is InChI=1S/C18H17ClN6O2S/c1-11-21-15(23-25(11)13-6-4-12(19)5-7-13)17(27)24-9-2-3-14(24)16(26)22-18-20-8-10-28-18/h4-8,10,14H,2-3,9H2,1H3,(H,20,22,26). The minimum Gasteiger partial charge on any atom is -0.324 e. The van der Waals surface area contributed by atoms with Gasteiger partial charge in [-0.05, 0) is 44.0 Å². The van der Waals surface area contributed by atoms with Crippen LogP contribution in [0, 0.1) is 6.92 Å². The van der Waals surface area contributed by atoms with E-state index in [-0.39, 0.29) is 17.6 Å². The first-order chi connectivity index (χ1) is 13.5. The number of rotatable bonds is 4. The van der Waals surface area contributed by atoms with Crippen molar-refractivity contribution in [1.82, 2.24) is 24.6 Å². The van der Waals surface area contributed by atoms with E-state index in [1.165, 1.54) is 16.2 Å². The molecule has 1 atom stereocenters. The first-order valence-corrected chi connectivity index (χ1v) is 9.99. The molecule has 4 rings (SSSR count). The number of benzene rings is 1. The highest BCUT2D eigenvalue weighted by Crippen LogP contribution is 2.22. The first kappa shape index (κ1) is 18.6. The highest BCUT2D eigenvalue weighted by atomic mass is 35.5. The van der Waals surface area contributed by atoms with Crippen molar-refractivity contribution in [3.8, 4) is 5.69 Å². The number of nitrogens with one attached hydrogen (secondary N) is 1. The van der Waals surface area contributed by atoms with Crippen LogP contribution in [-0.4, -0.2) is 49.0 Å². The number of thiazole rings is 1. The summed E-state index contributed by atoms with van der Waals surface area (Å²) in [6.07, 6.45) is 2.96. The number of carbonyl (C=O) groups is 2. The quantitative estimate of drug-likeness (QED) is 0.705. The van der Waals surface area contributed by atoms with Crippen molar-refractivity contribution in [2.75, 3.05) is 11.9 Å². The molecule has 0 aliphatic carbocycles. The molecule has 3 heterocycles. The maximum atomic E-state index is 13.0. The van der Waals surface area contributed by atoms with E-state index in [1.807, 2.05) is 0 Å². The van der Waals surface area contributed by atoms with E-state index in [9.17, 15) is 9.59 Å². The fraction of sp³-hybridized carbons (Fsp3) is 0.278. The summed E-state index contributed by atoms with van der Waals surface area (Å²) in [5.41, 5.74) is 0.757. The van der Waals surface area contributed by atoms with Crippen LogP contribution >= 0.6 is 22.9 Å². The van der Waals surface area contributed by atoms with Gasteiger partial charge in [0.25, 0.3) is 5.91 Å². The van der Waals surface area contributed by atoms with Gasteiger partial charge in [0, 0.05) is 23.1 Å². The van der Waals surface area contributed by atoms with Gasteiger partial charge in [0.2, 0.25) is 11.7 Å². The summed E-state index contributed by atoms with van der Waals surface area (Å²) in [4.78, 5) is 35.5. The number of carbonyl (C=O) groups excluding carboxylic acids is 2. The van der Waals surface area contributed by atoms with Crippen LogP contribution in [0.15, 0.2) is 35.8 Å². The molecule has 0 saturated carbocycles. The molecule has 1 unspecified atom stereocenters. The Morgan fingerprint density at radius 1 is 1.29 bits per heavy atom. The highest BCUT2D eigenvalue weighted by molar-refractivity contribution is 7.13. The number of anilines is 1. The summed E-state index contributed by atoms with van der Waals surface area (Å²) in [5.74, 6) is 0.0531. The summed E-state index contributed by atoms with van der Waals surface area (Å²) in [5, 5.41) is 10.0. The molecule has 1 aliphatic heterocycles. The molecule has 2 aromatic heterocycles. The average molecular weight is 417 g/mol. The number of hydrogen-bond donors (Lipinski definition) is 1. The molecule has 0 bridgehead atoms. The molecule has 1 saturated heterocycles. The minimum atomic E-state index is -0.556. The van der Waals surface area contributed by atoms with Gasteiger partial charge in [0.05, 0.1) is 5.69 Å². The summed E-state index contributed by atoms with van der Waals surface area (Å²) >= 11 is 7.27. The lowest BCUT2D eigenvalue weighted by Crippen LogP contribution is -2.43. The summed E-state index contributed by atoms with van der Waals surface area (Å²) in [6, 6.07) is 6.55. The number of amides is 2. The largest absolute Gasteiger partial charge is 0.324 e. The second kappa shape index (κ2) is 7.69. The van der Waals surface area contributed by atoms with Crippen LogP contribution in [0.25, 0.3) is 5.69 Å². The maximum Gasteiger partial charge on any atom is 0.294 e. The van der Waals surface area contributed by atoms with Gasteiger partial charge in [0.1, 0.15) is 11.9 Å². The predicted molar refractivity (Wildman–Crippen MR) is 106 cm³/mol. The lowest BCUT2D eigenvalue weighted by atomic mass is 10.2. The molecule has 1 N–H and O–H groups in total. The van der Waals surface area contributed by atoms with E-state index in [0.29, 0.717) is 28.9 Å². The van der Waals surface area contributed by atoms with Gasteiger partial charge in [-0.3, -0.25) is 9.59 Å². The van der Waals surface area contributed by atoms with Crippen LogP contribution in [0.1, 0.15) is 29.3 Å². The summed E-state index contributed by atoms with van der Waals surface area (Å²) in [6.45, 7) is 2.26. The van der Waals surface area contributed by atoms with Crippen molar-refractivity contribution < 1.29 is 9.59 Å². The highest BCUT2D eigenvalue weighted by Gasteiger charge is 2.36. The van der Waals surface area contributed by atoms with Crippen LogP contribution in [0.5, 0.6) is 0 Å². The molecule has 1 aromatic carbocycles. The number of halogens is 1.